The van der Waals surface area contributed by atoms with Crippen LogP contribution in [0, 0.1) is 6.08 Å². The standard InChI is InChI=1S/C21H25.C17H11Cl.C5H5.Zr/c1-20(2,3)16-9-7-14-11-15-8-10-17(21(4,5)6)13-19(15)18(14)12-16;18-16-10-8-13(9-11-16)12-15-6-3-5-14-4-1-2-7-17(14)15;1-2-4-5-3-1;/h7-13H,1-6H3;1-11H;1-3H,4H2;/q-1;;-1;+2. The molecule has 6 aromatic rings. The molecule has 0 spiro atoms. The first-order valence-corrected chi connectivity index (χ1v) is 17.2. The smallest absolute Gasteiger partial charge is 0.109 e. The summed E-state index contributed by atoms with van der Waals surface area (Å²) < 4.78 is 1.36. The molecule has 1 aliphatic carbocycles. The van der Waals surface area contributed by atoms with Gasteiger partial charge in [0.2, 0.25) is 0 Å². The second kappa shape index (κ2) is 14.0. The van der Waals surface area contributed by atoms with Crippen LogP contribution in [0.15, 0.2) is 127 Å². The SMILES string of the molecule is CC(C)(C)c1ccc2[cH-]c3ccc(C(C)(C)C)cc3c2c1.Clc1ccc([C](=[Zr+2])c2cccc3ccccc23)cc1.[C-]1=CC=CC1. The average molecular weight is 684 g/mol. The maximum atomic E-state index is 5.96. The number of fused-ring (bicyclic) bond motifs is 4. The molecule has 0 nitrogen and oxygen atoms in total. The second-order valence-corrected chi connectivity index (χ2v) is 15.3. The van der Waals surface area contributed by atoms with Gasteiger partial charge in [-0.3, -0.25) is 6.08 Å². The molecule has 0 bridgehead atoms. The van der Waals surface area contributed by atoms with Crippen molar-refractivity contribution in [1.29, 1.82) is 0 Å². The van der Waals surface area contributed by atoms with E-state index in [1.165, 1.54) is 82.0 Å². The Morgan fingerprint density at radius 3 is 1.78 bits per heavy atom. The van der Waals surface area contributed by atoms with Crippen molar-refractivity contribution < 1.29 is 24.2 Å². The minimum absolute atomic E-state index is 0.194. The third-order valence-corrected chi connectivity index (χ3v) is 9.84. The fourth-order valence-corrected chi connectivity index (χ4v) is 6.56. The monoisotopic (exact) mass is 682 g/mol. The van der Waals surface area contributed by atoms with Gasteiger partial charge in [-0.1, -0.05) is 76.9 Å². The summed E-state index contributed by atoms with van der Waals surface area (Å²) in [6.45, 7) is 13.7. The summed E-state index contributed by atoms with van der Waals surface area (Å²) in [4.78, 5) is 0. The molecule has 0 atom stereocenters. The zero-order chi connectivity index (χ0) is 32.2. The summed E-state index contributed by atoms with van der Waals surface area (Å²) in [5, 5.41) is 8.87. The zero-order valence-electron chi connectivity index (χ0n) is 27.2. The molecule has 0 amide bonds. The van der Waals surface area contributed by atoms with Crippen molar-refractivity contribution in [2.24, 2.45) is 0 Å². The summed E-state index contributed by atoms with van der Waals surface area (Å²) in [6.07, 6.45) is 10.0. The Morgan fingerprint density at radius 1 is 0.689 bits per heavy atom. The fraction of sp³-hybridized carbons (Fsp3) is 0.209. The first-order chi connectivity index (χ1) is 21.4. The first kappa shape index (κ1) is 33.1. The van der Waals surface area contributed by atoms with Gasteiger partial charge in [0.15, 0.2) is 0 Å². The molecule has 2 heteroatoms. The van der Waals surface area contributed by atoms with Gasteiger partial charge in [-0.25, -0.2) is 12.2 Å². The molecule has 0 radical (unpaired) electrons. The summed E-state index contributed by atoms with van der Waals surface area (Å²) in [7, 11) is 0. The molecule has 0 aromatic heterocycles. The molecule has 7 rings (SSSR count). The van der Waals surface area contributed by atoms with E-state index in [4.69, 9.17) is 11.6 Å². The second-order valence-electron chi connectivity index (χ2n) is 13.7. The Kier molecular flexibility index (Phi) is 10.3. The first-order valence-electron chi connectivity index (χ1n) is 15.6. The van der Waals surface area contributed by atoms with Gasteiger partial charge in [-0.15, -0.1) is 46.2 Å². The van der Waals surface area contributed by atoms with E-state index in [9.17, 15) is 0 Å². The van der Waals surface area contributed by atoms with Gasteiger partial charge in [0.25, 0.3) is 0 Å². The molecule has 0 saturated carbocycles. The molecule has 0 saturated heterocycles. The van der Waals surface area contributed by atoms with Gasteiger partial charge in [0.05, 0.1) is 0 Å². The van der Waals surface area contributed by atoms with E-state index in [2.05, 4.69) is 151 Å². The van der Waals surface area contributed by atoms with E-state index in [1.54, 1.807) is 0 Å². The molecule has 1 aliphatic rings. The average Bonchev–Trinajstić information content (AvgIpc) is 3.72. The molecule has 6 aromatic carbocycles. The summed E-state index contributed by atoms with van der Waals surface area (Å²) in [6, 6.07) is 39.2. The minimum atomic E-state index is 0.194. The van der Waals surface area contributed by atoms with Gasteiger partial charge in [0.1, 0.15) is 0 Å². The van der Waals surface area contributed by atoms with Crippen LogP contribution in [0.3, 0.4) is 0 Å². The van der Waals surface area contributed by atoms with E-state index in [0.717, 1.165) is 11.4 Å². The van der Waals surface area contributed by atoms with Crippen LogP contribution in [-0.4, -0.2) is 3.21 Å². The van der Waals surface area contributed by atoms with Crippen LogP contribution in [0.1, 0.15) is 70.2 Å². The van der Waals surface area contributed by atoms with Gasteiger partial charge < -0.3 is 0 Å². The molecule has 45 heavy (non-hydrogen) atoms. The Balaban J connectivity index is 0.000000154. The van der Waals surface area contributed by atoms with Crippen LogP contribution in [0.2, 0.25) is 5.02 Å². The quantitative estimate of drug-likeness (QED) is 0.159. The fourth-order valence-electron chi connectivity index (χ4n) is 5.49. The summed E-state index contributed by atoms with van der Waals surface area (Å²) in [5.41, 5.74) is 5.77. The number of hydrogen-bond acceptors (Lipinski definition) is 0. The molecule has 0 aliphatic heterocycles. The topological polar surface area (TPSA) is 0 Å². The maximum Gasteiger partial charge on any atom is -0.109 e. The van der Waals surface area contributed by atoms with Crippen LogP contribution in [0.4, 0.5) is 0 Å². The third-order valence-electron chi connectivity index (χ3n) is 8.22. The van der Waals surface area contributed by atoms with Crippen LogP contribution in [0.25, 0.3) is 32.3 Å². The number of rotatable bonds is 2. The van der Waals surface area contributed by atoms with Crippen LogP contribution >= 0.6 is 11.6 Å². The van der Waals surface area contributed by atoms with Gasteiger partial charge in [-0.2, -0.15) is 6.08 Å². The van der Waals surface area contributed by atoms with Gasteiger partial charge in [0, 0.05) is 0 Å². The number of benzene rings is 5. The molecule has 224 valence electrons. The Morgan fingerprint density at radius 2 is 1.27 bits per heavy atom. The molecule has 0 unspecified atom stereocenters. The van der Waals surface area contributed by atoms with Crippen molar-refractivity contribution in [3.05, 3.63) is 161 Å². The Bertz CT molecular complexity index is 1920. The summed E-state index contributed by atoms with van der Waals surface area (Å²) in [5.74, 6) is 0. The largest absolute Gasteiger partial charge is 0.273 e. The number of hydrogen-bond donors (Lipinski definition) is 0. The number of allylic oxidation sites excluding steroid dienone is 4. The molecule has 0 heterocycles. The Labute approximate surface area is 289 Å². The van der Waals surface area contributed by atoms with Gasteiger partial charge in [-0.05, 0) is 10.8 Å². The normalized spacial score (nSPS) is 12.6. The molecule has 0 fully saturated rings. The molecular formula is C43H41ClZr. The van der Waals surface area contributed by atoms with E-state index in [0.29, 0.717) is 0 Å². The molecule has 0 N–H and O–H groups in total. The molecular weight excluding hydrogens is 643 g/mol. The van der Waals surface area contributed by atoms with Crippen LogP contribution in [-0.2, 0) is 35.1 Å². The van der Waals surface area contributed by atoms with Crippen LogP contribution < -0.4 is 0 Å². The number of halogens is 1. The van der Waals surface area contributed by atoms with Crippen molar-refractivity contribution in [1.82, 2.24) is 0 Å². The van der Waals surface area contributed by atoms with E-state index >= 15 is 0 Å². The van der Waals surface area contributed by atoms with Crippen molar-refractivity contribution in [2.75, 3.05) is 0 Å². The van der Waals surface area contributed by atoms with E-state index in [-0.39, 0.29) is 10.8 Å². The summed E-state index contributed by atoms with van der Waals surface area (Å²) >= 11 is 7.37. The van der Waals surface area contributed by atoms with Crippen LogP contribution in [0.5, 0.6) is 0 Å². The van der Waals surface area contributed by atoms with Crippen molar-refractivity contribution in [3.63, 3.8) is 0 Å². The van der Waals surface area contributed by atoms with E-state index in [1.807, 2.05) is 24.3 Å². The zero-order valence-corrected chi connectivity index (χ0v) is 30.4. The minimum Gasteiger partial charge on any atom is -0.273 e. The van der Waals surface area contributed by atoms with E-state index < -0.39 is 0 Å². The van der Waals surface area contributed by atoms with Crippen molar-refractivity contribution in [3.8, 4) is 0 Å². The Hall–Kier alpha value is -3.25. The predicted molar refractivity (Wildman–Crippen MR) is 195 cm³/mol. The van der Waals surface area contributed by atoms with Gasteiger partial charge >= 0.3 is 133 Å². The van der Waals surface area contributed by atoms with Crippen molar-refractivity contribution >= 4 is 47.1 Å². The predicted octanol–water partition coefficient (Wildman–Crippen LogP) is 12.2. The third kappa shape index (κ3) is 8.13. The van der Waals surface area contributed by atoms with Crippen molar-refractivity contribution in [2.45, 2.75) is 58.8 Å². The maximum absolute atomic E-state index is 5.96.